The number of nitrogens with zero attached hydrogens (tertiary/aromatic N) is 2. The molecule has 13 aromatic rings. The van der Waals surface area contributed by atoms with E-state index in [0.717, 1.165) is 34.1 Å². The molecule has 0 heterocycles. The van der Waals surface area contributed by atoms with Gasteiger partial charge >= 0.3 is 0 Å². The maximum Gasteiger partial charge on any atom is 0.0775 e. The Hall–Kier alpha value is -9.07. The van der Waals surface area contributed by atoms with Gasteiger partial charge < -0.3 is 9.80 Å². The van der Waals surface area contributed by atoms with Crippen molar-refractivity contribution < 1.29 is 0 Å². The molecule has 13 aromatic carbocycles. The number of rotatable bonds is 12. The van der Waals surface area contributed by atoms with Gasteiger partial charge in [-0.3, -0.25) is 0 Å². The fraction of sp³-hybridized carbons (Fsp3) is 0.0789. The van der Waals surface area contributed by atoms with Crippen molar-refractivity contribution in [3.05, 3.63) is 279 Å². The van der Waals surface area contributed by atoms with Gasteiger partial charge in [0, 0.05) is 33.5 Å². The first kappa shape index (κ1) is 50.4. The molecule has 0 aromatic heterocycles. The average Bonchev–Trinajstić information content (AvgIpc) is 3.51. The molecule has 4 heteroatoms. The highest BCUT2D eigenvalue weighted by Crippen LogP contribution is 2.50. The fourth-order valence-corrected chi connectivity index (χ4v) is 14.2. The van der Waals surface area contributed by atoms with E-state index < -0.39 is 16.1 Å². The summed E-state index contributed by atoms with van der Waals surface area (Å²) in [7, 11) is -3.16. The molecule has 2 nitrogen and oxygen atoms in total. The van der Waals surface area contributed by atoms with Crippen LogP contribution in [0.5, 0.6) is 0 Å². The van der Waals surface area contributed by atoms with Crippen molar-refractivity contribution in [1.82, 2.24) is 0 Å². The minimum Gasteiger partial charge on any atom is -0.310 e. The third-order valence-corrected chi connectivity index (χ3v) is 20.3. The van der Waals surface area contributed by atoms with Gasteiger partial charge in [0.2, 0.25) is 0 Å². The predicted molar refractivity (Wildman–Crippen MR) is 354 cm³/mol. The molecule has 0 radical (unpaired) electrons. The second-order valence-electron chi connectivity index (χ2n) is 23.4. The average molecular weight is 1060 g/mol. The summed E-state index contributed by atoms with van der Waals surface area (Å²) in [5, 5.41) is 12.5. The number of fused-ring (bicyclic) bond motifs is 4. The quantitative estimate of drug-likeness (QED) is 0.0889. The largest absolute Gasteiger partial charge is 0.310 e. The molecule has 0 unspecified atom stereocenters. The molecular weight excluding hydrogens is 997 g/mol. The maximum absolute atomic E-state index is 2.48. The van der Waals surface area contributed by atoms with E-state index >= 15 is 0 Å². The first-order chi connectivity index (χ1) is 38.9. The van der Waals surface area contributed by atoms with Gasteiger partial charge in [0.25, 0.3) is 0 Å². The number of anilines is 6. The van der Waals surface area contributed by atoms with Crippen molar-refractivity contribution in [2.45, 2.75) is 39.3 Å². The lowest BCUT2D eigenvalue weighted by Gasteiger charge is -2.30. The Balaban J connectivity index is 1.12. The van der Waals surface area contributed by atoms with E-state index in [1.807, 2.05) is 0 Å². The SMILES string of the molecule is C[Si](C)(C)c1ccc(N(c2ccc3c(-c4ccc(-c5ccccc5)cc4)c4cc(N(c5ccc([Si](C)(C)C)cc5)c5cccc6ccccc56)ccc4c(-c4ccc(-c5ccccc5)cc4)c3c2)c2cccc3ccccc23)cc1. The molecule has 0 N–H and O–H groups in total. The van der Waals surface area contributed by atoms with Crippen molar-refractivity contribution in [2.24, 2.45) is 0 Å². The summed E-state index contributed by atoms with van der Waals surface area (Å²) < 4.78 is 0. The van der Waals surface area contributed by atoms with Crippen molar-refractivity contribution in [2.75, 3.05) is 9.80 Å². The van der Waals surface area contributed by atoms with Crippen LogP contribution in [0.2, 0.25) is 39.3 Å². The van der Waals surface area contributed by atoms with Gasteiger partial charge in [0.1, 0.15) is 0 Å². The molecule has 0 spiro atoms. The van der Waals surface area contributed by atoms with Crippen molar-refractivity contribution in [3.63, 3.8) is 0 Å². The second kappa shape index (κ2) is 20.6. The summed E-state index contributed by atoms with van der Waals surface area (Å²) >= 11 is 0. The summed E-state index contributed by atoms with van der Waals surface area (Å²) in [4.78, 5) is 4.96. The molecule has 0 fully saturated rings. The van der Waals surface area contributed by atoms with E-state index in [0.29, 0.717) is 0 Å². The molecule has 0 saturated heterocycles. The van der Waals surface area contributed by atoms with Gasteiger partial charge in [-0.15, -0.1) is 0 Å². The van der Waals surface area contributed by atoms with Crippen LogP contribution in [0.15, 0.2) is 279 Å². The van der Waals surface area contributed by atoms with E-state index in [1.165, 1.54) is 98.0 Å². The Morgan fingerprint density at radius 3 is 0.912 bits per heavy atom. The Bertz CT molecular complexity index is 4090. The smallest absolute Gasteiger partial charge is 0.0775 e. The summed E-state index contributed by atoms with van der Waals surface area (Å²) in [5.74, 6) is 0. The molecule has 80 heavy (non-hydrogen) atoms. The molecule has 0 aliphatic rings. The van der Waals surface area contributed by atoms with Gasteiger partial charge in [-0.1, -0.05) is 268 Å². The molecule has 0 bridgehead atoms. The molecule has 0 aliphatic carbocycles. The van der Waals surface area contributed by atoms with Crippen LogP contribution < -0.4 is 20.2 Å². The number of hydrogen-bond acceptors (Lipinski definition) is 2. The van der Waals surface area contributed by atoms with Crippen LogP contribution in [-0.4, -0.2) is 16.1 Å². The van der Waals surface area contributed by atoms with Crippen molar-refractivity contribution in [3.8, 4) is 44.5 Å². The first-order valence-electron chi connectivity index (χ1n) is 28.1. The molecule has 0 atom stereocenters. The molecular formula is C76H64N2Si2. The van der Waals surface area contributed by atoms with Crippen LogP contribution in [0.3, 0.4) is 0 Å². The van der Waals surface area contributed by atoms with Gasteiger partial charge in [-0.2, -0.15) is 0 Å². The Labute approximate surface area is 473 Å². The molecule has 13 rings (SSSR count). The van der Waals surface area contributed by atoms with E-state index in [9.17, 15) is 0 Å². The van der Waals surface area contributed by atoms with Crippen LogP contribution in [-0.2, 0) is 0 Å². The maximum atomic E-state index is 2.48. The summed E-state index contributed by atoms with van der Waals surface area (Å²) in [6.45, 7) is 14.6. The highest BCUT2D eigenvalue weighted by molar-refractivity contribution is 6.89. The van der Waals surface area contributed by atoms with Gasteiger partial charge in [-0.05, 0) is 137 Å². The van der Waals surface area contributed by atoms with Crippen LogP contribution >= 0.6 is 0 Å². The first-order valence-corrected chi connectivity index (χ1v) is 35.1. The highest BCUT2D eigenvalue weighted by Gasteiger charge is 2.25. The standard InChI is InChI=1S/C76H64N2Si2/c1-79(2,3)65-45-39-61(40-46-65)77(73-29-17-25-57-23-13-15-27-67(57)73)63-43-49-69-71(51-63)75(59-35-31-55(32-36-59)53-19-9-7-10-20-53)70-50-44-64(52-72(70)76(69)60-37-33-56(34-38-60)54-21-11-8-12-22-54)78(62-41-47-66(48-42-62)80(4,5)6)74-30-18-26-58-24-14-16-28-68(58)74/h7-52H,1-6H3. The van der Waals surface area contributed by atoms with E-state index in [2.05, 4.69) is 328 Å². The van der Waals surface area contributed by atoms with Gasteiger partial charge in [0.15, 0.2) is 0 Å². The van der Waals surface area contributed by atoms with Gasteiger partial charge in [-0.25, -0.2) is 0 Å². The zero-order valence-corrected chi connectivity index (χ0v) is 48.5. The number of hydrogen-bond donors (Lipinski definition) is 0. The monoisotopic (exact) mass is 1060 g/mol. The zero-order chi connectivity index (χ0) is 54.5. The lowest BCUT2D eigenvalue weighted by Crippen LogP contribution is -2.37. The van der Waals surface area contributed by atoms with E-state index in [-0.39, 0.29) is 0 Å². The van der Waals surface area contributed by atoms with Crippen LogP contribution in [0.1, 0.15) is 0 Å². The predicted octanol–water partition coefficient (Wildman–Crippen LogP) is 21.0. The van der Waals surface area contributed by atoms with Crippen molar-refractivity contribution in [1.29, 1.82) is 0 Å². The fourth-order valence-electron chi connectivity index (χ4n) is 11.9. The van der Waals surface area contributed by atoms with Crippen LogP contribution in [0.25, 0.3) is 87.6 Å². The van der Waals surface area contributed by atoms with E-state index in [4.69, 9.17) is 0 Å². The highest BCUT2D eigenvalue weighted by atomic mass is 28.3. The van der Waals surface area contributed by atoms with Crippen molar-refractivity contribution >= 4 is 104 Å². The number of benzene rings is 13. The third-order valence-electron chi connectivity index (χ3n) is 16.2. The zero-order valence-electron chi connectivity index (χ0n) is 46.5. The van der Waals surface area contributed by atoms with Crippen LogP contribution in [0.4, 0.5) is 34.1 Å². The Morgan fingerprint density at radius 2 is 0.537 bits per heavy atom. The summed E-state index contributed by atoms with van der Waals surface area (Å²) in [5.41, 5.74) is 16.3. The normalized spacial score (nSPS) is 11.9. The third kappa shape index (κ3) is 9.51. The lowest BCUT2D eigenvalue weighted by molar-refractivity contribution is 1.30. The topological polar surface area (TPSA) is 6.48 Å². The molecule has 386 valence electrons. The minimum absolute atomic E-state index is 1.10. The summed E-state index contributed by atoms with van der Waals surface area (Å²) in [6.07, 6.45) is 0. The van der Waals surface area contributed by atoms with Gasteiger partial charge in [0.05, 0.1) is 27.5 Å². The minimum atomic E-state index is -1.58. The second-order valence-corrected chi connectivity index (χ2v) is 33.5. The molecule has 0 aliphatic heterocycles. The Kier molecular flexibility index (Phi) is 13.0. The summed E-state index contributed by atoms with van der Waals surface area (Å²) in [6, 6.07) is 104. The lowest BCUT2D eigenvalue weighted by atomic mass is 9.84. The molecule has 0 saturated carbocycles. The van der Waals surface area contributed by atoms with Crippen LogP contribution in [0, 0.1) is 0 Å². The Morgan fingerprint density at radius 1 is 0.225 bits per heavy atom. The van der Waals surface area contributed by atoms with E-state index in [1.54, 1.807) is 0 Å². The molecule has 0 amide bonds.